The number of allylic oxidation sites excluding steroid dienone is 1. The fourth-order valence-corrected chi connectivity index (χ4v) is 3.22. The Morgan fingerprint density at radius 2 is 1.39 bits per heavy atom. The summed E-state index contributed by atoms with van der Waals surface area (Å²) in [5.74, 6) is 0.710. The van der Waals surface area contributed by atoms with Crippen LogP contribution in [0.3, 0.4) is 0 Å². The SMILES string of the molecule is CC/C=C(/N=C(\N=C(/C)c1cccc(Br)c1)c1ccccc1)c1ccccc1. The molecule has 0 fully saturated rings. The van der Waals surface area contributed by atoms with Crippen LogP contribution in [0.1, 0.15) is 37.0 Å². The van der Waals surface area contributed by atoms with Gasteiger partial charge in [0.15, 0.2) is 5.84 Å². The maximum atomic E-state index is 4.97. The molecule has 0 unspecified atom stereocenters. The Kier molecular flexibility index (Phi) is 7.10. The van der Waals surface area contributed by atoms with Gasteiger partial charge in [0, 0.05) is 15.7 Å². The average molecular weight is 431 g/mol. The van der Waals surface area contributed by atoms with E-state index in [1.807, 2.05) is 67.6 Å². The molecule has 3 heteroatoms. The smallest absolute Gasteiger partial charge is 0.160 e. The topological polar surface area (TPSA) is 24.7 Å². The molecule has 2 nitrogen and oxygen atoms in total. The van der Waals surface area contributed by atoms with Crippen LogP contribution in [-0.4, -0.2) is 11.5 Å². The normalized spacial score (nSPS) is 12.9. The van der Waals surface area contributed by atoms with Crippen LogP contribution < -0.4 is 0 Å². The van der Waals surface area contributed by atoms with Crippen molar-refractivity contribution in [1.29, 1.82) is 0 Å². The zero-order valence-corrected chi connectivity index (χ0v) is 17.7. The van der Waals surface area contributed by atoms with Crippen molar-refractivity contribution in [2.24, 2.45) is 9.98 Å². The van der Waals surface area contributed by atoms with Crippen molar-refractivity contribution in [3.05, 3.63) is 112 Å². The second-order valence-electron chi connectivity index (χ2n) is 6.37. The largest absolute Gasteiger partial charge is 0.233 e. The molecule has 0 saturated carbocycles. The van der Waals surface area contributed by atoms with Gasteiger partial charge in [0.1, 0.15) is 0 Å². The summed E-state index contributed by atoms with van der Waals surface area (Å²) in [6, 6.07) is 28.5. The Morgan fingerprint density at radius 1 is 0.786 bits per heavy atom. The van der Waals surface area contributed by atoms with E-state index in [-0.39, 0.29) is 0 Å². The van der Waals surface area contributed by atoms with E-state index in [1.165, 1.54) is 0 Å². The average Bonchev–Trinajstić information content (AvgIpc) is 2.74. The minimum atomic E-state index is 0.710. The minimum absolute atomic E-state index is 0.710. The van der Waals surface area contributed by atoms with Crippen LogP contribution in [0.15, 0.2) is 105 Å². The van der Waals surface area contributed by atoms with Crippen LogP contribution in [0.25, 0.3) is 5.70 Å². The van der Waals surface area contributed by atoms with Crippen LogP contribution in [-0.2, 0) is 0 Å². The van der Waals surface area contributed by atoms with Gasteiger partial charge in [0.2, 0.25) is 0 Å². The highest BCUT2D eigenvalue weighted by molar-refractivity contribution is 9.10. The Morgan fingerprint density at radius 3 is 2.00 bits per heavy atom. The number of nitrogens with zero attached hydrogens (tertiary/aromatic N) is 2. The third-order valence-electron chi connectivity index (χ3n) is 4.24. The van der Waals surface area contributed by atoms with Gasteiger partial charge in [-0.05, 0) is 36.6 Å². The molecule has 28 heavy (non-hydrogen) atoms. The lowest BCUT2D eigenvalue weighted by Crippen LogP contribution is -2.04. The quantitative estimate of drug-likeness (QED) is 0.303. The lowest BCUT2D eigenvalue weighted by molar-refractivity contribution is 1.21. The molecule has 3 aromatic rings. The molecule has 0 aliphatic rings. The first-order valence-electron chi connectivity index (χ1n) is 9.38. The van der Waals surface area contributed by atoms with Gasteiger partial charge in [-0.25, -0.2) is 9.98 Å². The van der Waals surface area contributed by atoms with Crippen LogP contribution in [0.2, 0.25) is 0 Å². The Bertz CT molecular complexity index is 1000. The first-order valence-corrected chi connectivity index (χ1v) is 10.2. The van der Waals surface area contributed by atoms with Gasteiger partial charge in [-0.1, -0.05) is 102 Å². The number of amidine groups is 1. The van der Waals surface area contributed by atoms with Gasteiger partial charge in [-0.3, -0.25) is 0 Å². The van der Waals surface area contributed by atoms with Crippen molar-refractivity contribution in [2.45, 2.75) is 20.3 Å². The fraction of sp³-hybridized carbons (Fsp3) is 0.120. The van der Waals surface area contributed by atoms with E-state index in [0.717, 1.165) is 39.0 Å². The molecule has 0 aliphatic carbocycles. The zero-order valence-electron chi connectivity index (χ0n) is 16.1. The van der Waals surface area contributed by atoms with Gasteiger partial charge in [0.25, 0.3) is 0 Å². The van der Waals surface area contributed by atoms with Crippen molar-refractivity contribution in [3.63, 3.8) is 0 Å². The zero-order chi connectivity index (χ0) is 19.8. The molecule has 0 radical (unpaired) electrons. The molecule has 0 saturated heterocycles. The van der Waals surface area contributed by atoms with E-state index >= 15 is 0 Å². The summed E-state index contributed by atoms with van der Waals surface area (Å²) in [6.07, 6.45) is 3.05. The molecule has 3 rings (SSSR count). The van der Waals surface area contributed by atoms with Gasteiger partial charge in [-0.2, -0.15) is 0 Å². The van der Waals surface area contributed by atoms with E-state index < -0.39 is 0 Å². The first kappa shape index (κ1) is 20.0. The molecule has 0 bridgehead atoms. The summed E-state index contributed by atoms with van der Waals surface area (Å²) in [4.78, 5) is 9.88. The molecule has 0 amide bonds. The minimum Gasteiger partial charge on any atom is -0.233 e. The molecular formula is C25H23BrN2. The van der Waals surface area contributed by atoms with E-state index in [0.29, 0.717) is 5.84 Å². The fourth-order valence-electron chi connectivity index (χ4n) is 2.82. The summed E-state index contributed by atoms with van der Waals surface area (Å²) in [5, 5.41) is 0. The van der Waals surface area contributed by atoms with Crippen molar-refractivity contribution in [3.8, 4) is 0 Å². The van der Waals surface area contributed by atoms with E-state index in [1.54, 1.807) is 0 Å². The molecule has 0 atom stereocenters. The summed E-state index contributed by atoms with van der Waals surface area (Å²) in [7, 11) is 0. The van der Waals surface area contributed by atoms with Crippen LogP contribution in [0.5, 0.6) is 0 Å². The summed E-state index contributed by atoms with van der Waals surface area (Å²) >= 11 is 3.54. The summed E-state index contributed by atoms with van der Waals surface area (Å²) in [5.41, 5.74) is 5.02. The maximum Gasteiger partial charge on any atom is 0.160 e. The number of hydrogen-bond donors (Lipinski definition) is 0. The number of rotatable bonds is 5. The Hall–Kier alpha value is -2.78. The van der Waals surface area contributed by atoms with E-state index in [4.69, 9.17) is 9.98 Å². The summed E-state index contributed by atoms with van der Waals surface area (Å²) < 4.78 is 1.04. The molecule has 0 spiro atoms. The monoisotopic (exact) mass is 430 g/mol. The Balaban J connectivity index is 2.10. The molecule has 140 valence electrons. The van der Waals surface area contributed by atoms with Crippen molar-refractivity contribution >= 4 is 33.2 Å². The highest BCUT2D eigenvalue weighted by Gasteiger charge is 2.07. The van der Waals surface area contributed by atoms with E-state index in [9.17, 15) is 0 Å². The number of halogens is 1. The molecule has 3 aromatic carbocycles. The third-order valence-corrected chi connectivity index (χ3v) is 4.73. The van der Waals surface area contributed by atoms with Gasteiger partial charge in [0.05, 0.1) is 5.70 Å². The van der Waals surface area contributed by atoms with Crippen LogP contribution >= 0.6 is 15.9 Å². The highest BCUT2D eigenvalue weighted by atomic mass is 79.9. The number of hydrogen-bond acceptors (Lipinski definition) is 1. The summed E-state index contributed by atoms with van der Waals surface area (Å²) in [6.45, 7) is 4.14. The molecule has 0 aromatic heterocycles. The lowest BCUT2D eigenvalue weighted by atomic mass is 10.1. The second-order valence-corrected chi connectivity index (χ2v) is 7.29. The molecule has 0 heterocycles. The van der Waals surface area contributed by atoms with Crippen LogP contribution in [0, 0.1) is 0 Å². The molecular weight excluding hydrogens is 408 g/mol. The first-order chi connectivity index (χ1) is 13.7. The second kappa shape index (κ2) is 9.95. The predicted molar refractivity (Wildman–Crippen MR) is 124 cm³/mol. The predicted octanol–water partition coefficient (Wildman–Crippen LogP) is 7.16. The molecule has 0 aliphatic heterocycles. The number of aliphatic imine (C=N–C) groups is 2. The molecule has 0 N–H and O–H groups in total. The standard InChI is InChI=1S/C25H23BrN2/c1-3-11-24(20-12-6-4-7-13-20)28-25(21-14-8-5-9-15-21)27-19(2)22-16-10-17-23(26)18-22/h4-18H,3H2,1-2H3/b24-11+,27-19+,28-25-. The van der Waals surface area contributed by atoms with E-state index in [2.05, 4.69) is 53.2 Å². The van der Waals surface area contributed by atoms with Crippen LogP contribution in [0.4, 0.5) is 0 Å². The lowest BCUT2D eigenvalue weighted by Gasteiger charge is -2.08. The van der Waals surface area contributed by atoms with Crippen molar-refractivity contribution in [2.75, 3.05) is 0 Å². The van der Waals surface area contributed by atoms with Gasteiger partial charge < -0.3 is 0 Å². The number of benzene rings is 3. The van der Waals surface area contributed by atoms with Gasteiger partial charge in [-0.15, -0.1) is 0 Å². The third kappa shape index (κ3) is 5.37. The van der Waals surface area contributed by atoms with Crippen molar-refractivity contribution in [1.82, 2.24) is 0 Å². The maximum absolute atomic E-state index is 4.97. The van der Waals surface area contributed by atoms with Crippen molar-refractivity contribution < 1.29 is 0 Å². The Labute approximate surface area is 175 Å². The highest BCUT2D eigenvalue weighted by Crippen LogP contribution is 2.19. The van der Waals surface area contributed by atoms with Gasteiger partial charge >= 0.3 is 0 Å².